The van der Waals surface area contributed by atoms with Crippen LogP contribution in [-0.2, 0) is 9.53 Å². The summed E-state index contributed by atoms with van der Waals surface area (Å²) >= 11 is 0. The van der Waals surface area contributed by atoms with Crippen LogP contribution in [0.1, 0.15) is 37.3 Å². The number of hydrogen-bond donors (Lipinski definition) is 1. The molecular weight excluding hydrogens is 242 g/mol. The highest BCUT2D eigenvalue weighted by Gasteiger charge is 2.11. The van der Waals surface area contributed by atoms with Crippen molar-refractivity contribution in [2.45, 2.75) is 33.1 Å². The Morgan fingerprint density at radius 3 is 2.53 bits per heavy atom. The fraction of sp³-hybridized carbons (Fsp3) is 0.533. The normalized spacial score (nSPS) is 10.4. The fourth-order valence-corrected chi connectivity index (χ4v) is 1.92. The van der Waals surface area contributed by atoms with Crippen molar-refractivity contribution in [1.82, 2.24) is 0 Å². The highest BCUT2D eigenvalue weighted by molar-refractivity contribution is 5.70. The van der Waals surface area contributed by atoms with Gasteiger partial charge < -0.3 is 14.8 Å². The Bertz CT molecular complexity index is 441. The second-order valence-corrected chi connectivity index (χ2v) is 4.82. The number of aryl methyl sites for hydroxylation is 1. The standard InChI is InChI=1S/C15H23NO3/c1-10(2)12-9-13(11(3)8-14(12)18-4)16-7-6-15(17)19-5/h8-10,16H,6-7H2,1-5H3. The maximum Gasteiger partial charge on any atom is 0.307 e. The number of rotatable bonds is 6. The van der Waals surface area contributed by atoms with Gasteiger partial charge in [-0.25, -0.2) is 0 Å². The average molecular weight is 265 g/mol. The first-order valence-electron chi connectivity index (χ1n) is 6.48. The van der Waals surface area contributed by atoms with Crippen LogP contribution in [0.25, 0.3) is 0 Å². The molecule has 0 fully saturated rings. The van der Waals surface area contributed by atoms with E-state index in [0.717, 1.165) is 22.6 Å². The van der Waals surface area contributed by atoms with Crippen molar-refractivity contribution in [2.75, 3.05) is 26.1 Å². The lowest BCUT2D eigenvalue weighted by Crippen LogP contribution is -2.11. The third-order valence-electron chi connectivity index (χ3n) is 3.07. The molecule has 4 heteroatoms. The van der Waals surface area contributed by atoms with E-state index < -0.39 is 0 Å². The molecule has 0 aromatic heterocycles. The lowest BCUT2D eigenvalue weighted by atomic mass is 9.99. The smallest absolute Gasteiger partial charge is 0.307 e. The van der Waals surface area contributed by atoms with Gasteiger partial charge in [-0.1, -0.05) is 13.8 Å². The number of nitrogens with one attached hydrogen (secondary N) is 1. The molecule has 0 spiro atoms. The van der Waals surface area contributed by atoms with Gasteiger partial charge in [-0.2, -0.15) is 0 Å². The van der Waals surface area contributed by atoms with Crippen molar-refractivity contribution in [3.05, 3.63) is 23.3 Å². The maximum atomic E-state index is 11.1. The second kappa shape index (κ2) is 7.02. The van der Waals surface area contributed by atoms with Crippen LogP contribution in [0.4, 0.5) is 5.69 Å². The van der Waals surface area contributed by atoms with Crippen LogP contribution in [0.5, 0.6) is 5.75 Å². The highest BCUT2D eigenvalue weighted by atomic mass is 16.5. The van der Waals surface area contributed by atoms with E-state index in [4.69, 9.17) is 4.74 Å². The molecule has 0 heterocycles. The molecule has 106 valence electrons. The summed E-state index contributed by atoms with van der Waals surface area (Å²) in [5.41, 5.74) is 3.30. The molecule has 0 aliphatic heterocycles. The van der Waals surface area contributed by atoms with E-state index in [1.807, 2.05) is 13.0 Å². The van der Waals surface area contributed by atoms with Crippen LogP contribution in [0.2, 0.25) is 0 Å². The molecule has 0 saturated heterocycles. The quantitative estimate of drug-likeness (QED) is 0.803. The number of carbonyl (C=O) groups excluding carboxylic acids is 1. The van der Waals surface area contributed by atoms with Crippen molar-refractivity contribution < 1.29 is 14.3 Å². The van der Waals surface area contributed by atoms with Crippen LogP contribution in [0, 0.1) is 6.92 Å². The van der Waals surface area contributed by atoms with Crippen LogP contribution in [0.15, 0.2) is 12.1 Å². The summed E-state index contributed by atoms with van der Waals surface area (Å²) in [6, 6.07) is 4.12. The Morgan fingerprint density at radius 2 is 2.00 bits per heavy atom. The van der Waals surface area contributed by atoms with Gasteiger partial charge in [0.15, 0.2) is 0 Å². The van der Waals surface area contributed by atoms with Gasteiger partial charge in [-0.3, -0.25) is 4.79 Å². The second-order valence-electron chi connectivity index (χ2n) is 4.82. The fourth-order valence-electron chi connectivity index (χ4n) is 1.92. The SMILES string of the molecule is COC(=O)CCNc1cc(C(C)C)c(OC)cc1C. The van der Waals surface area contributed by atoms with Crippen LogP contribution >= 0.6 is 0 Å². The highest BCUT2D eigenvalue weighted by Crippen LogP contribution is 2.31. The van der Waals surface area contributed by atoms with Crippen LogP contribution < -0.4 is 10.1 Å². The molecule has 0 aliphatic carbocycles. The summed E-state index contributed by atoms with van der Waals surface area (Å²) in [5, 5.41) is 3.27. The van der Waals surface area contributed by atoms with Crippen molar-refractivity contribution >= 4 is 11.7 Å². The van der Waals surface area contributed by atoms with Crippen molar-refractivity contribution in [1.29, 1.82) is 0 Å². The average Bonchev–Trinajstić information content (AvgIpc) is 2.39. The van der Waals surface area contributed by atoms with Crippen molar-refractivity contribution in [2.24, 2.45) is 0 Å². The molecule has 19 heavy (non-hydrogen) atoms. The number of hydrogen-bond acceptors (Lipinski definition) is 4. The zero-order valence-corrected chi connectivity index (χ0v) is 12.4. The van der Waals surface area contributed by atoms with Gasteiger partial charge in [-0.05, 0) is 36.1 Å². The monoisotopic (exact) mass is 265 g/mol. The van der Waals surface area contributed by atoms with Crippen molar-refractivity contribution in [3.63, 3.8) is 0 Å². The van der Waals surface area contributed by atoms with Gasteiger partial charge in [0, 0.05) is 12.2 Å². The molecule has 0 amide bonds. The Kier molecular flexibility index (Phi) is 5.67. The van der Waals surface area contributed by atoms with Gasteiger partial charge in [0.1, 0.15) is 5.75 Å². The summed E-state index contributed by atoms with van der Waals surface area (Å²) in [6.07, 6.45) is 0.360. The number of ether oxygens (including phenoxy) is 2. The molecule has 0 aliphatic rings. The molecule has 1 aromatic rings. The molecule has 0 unspecified atom stereocenters. The third kappa shape index (κ3) is 4.16. The van der Waals surface area contributed by atoms with Gasteiger partial charge in [0.25, 0.3) is 0 Å². The number of carbonyl (C=O) groups is 1. The predicted molar refractivity (Wildman–Crippen MR) is 76.9 cm³/mol. The molecule has 1 aromatic carbocycles. The first-order chi connectivity index (χ1) is 8.99. The summed E-state index contributed by atoms with van der Waals surface area (Å²) < 4.78 is 10.0. The minimum absolute atomic E-state index is 0.206. The third-order valence-corrected chi connectivity index (χ3v) is 3.07. The Labute approximate surface area is 115 Å². The molecule has 0 bridgehead atoms. The zero-order chi connectivity index (χ0) is 14.4. The number of anilines is 1. The molecule has 0 atom stereocenters. The van der Waals surface area contributed by atoms with E-state index in [2.05, 4.69) is 30.0 Å². The molecule has 1 rings (SSSR count). The topological polar surface area (TPSA) is 47.6 Å². The maximum absolute atomic E-state index is 11.1. The van der Waals surface area contributed by atoms with E-state index in [1.165, 1.54) is 7.11 Å². The van der Waals surface area contributed by atoms with E-state index in [9.17, 15) is 4.79 Å². The van der Waals surface area contributed by atoms with Gasteiger partial charge in [-0.15, -0.1) is 0 Å². The van der Waals surface area contributed by atoms with E-state index in [0.29, 0.717) is 18.9 Å². The Balaban J connectivity index is 2.83. The predicted octanol–water partition coefficient (Wildman–Crippen LogP) is 3.10. The summed E-state index contributed by atoms with van der Waals surface area (Å²) in [5.74, 6) is 1.09. The van der Waals surface area contributed by atoms with Crippen LogP contribution in [-0.4, -0.2) is 26.7 Å². The molecule has 0 radical (unpaired) electrons. The van der Waals surface area contributed by atoms with Gasteiger partial charge in [0.05, 0.1) is 20.6 Å². The van der Waals surface area contributed by atoms with E-state index >= 15 is 0 Å². The first-order valence-corrected chi connectivity index (χ1v) is 6.48. The number of benzene rings is 1. The van der Waals surface area contributed by atoms with Crippen molar-refractivity contribution in [3.8, 4) is 5.75 Å². The lowest BCUT2D eigenvalue weighted by Gasteiger charge is -2.17. The first kappa shape index (κ1) is 15.3. The molecule has 0 saturated carbocycles. The zero-order valence-electron chi connectivity index (χ0n) is 12.4. The van der Waals surface area contributed by atoms with E-state index in [1.54, 1.807) is 7.11 Å². The minimum atomic E-state index is -0.206. The Hall–Kier alpha value is -1.71. The van der Waals surface area contributed by atoms with Gasteiger partial charge in [0.2, 0.25) is 0 Å². The number of methoxy groups -OCH3 is 2. The van der Waals surface area contributed by atoms with E-state index in [-0.39, 0.29) is 5.97 Å². The molecule has 1 N–H and O–H groups in total. The molecular formula is C15H23NO3. The summed E-state index contributed by atoms with van der Waals surface area (Å²) in [4.78, 5) is 11.1. The van der Waals surface area contributed by atoms with Crippen LogP contribution in [0.3, 0.4) is 0 Å². The largest absolute Gasteiger partial charge is 0.496 e. The Morgan fingerprint density at radius 1 is 1.32 bits per heavy atom. The lowest BCUT2D eigenvalue weighted by molar-refractivity contribution is -0.140. The molecule has 4 nitrogen and oxygen atoms in total. The number of esters is 1. The summed E-state index contributed by atoms with van der Waals surface area (Å²) in [6.45, 7) is 6.85. The summed E-state index contributed by atoms with van der Waals surface area (Å²) in [7, 11) is 3.09. The minimum Gasteiger partial charge on any atom is -0.496 e. The van der Waals surface area contributed by atoms with Gasteiger partial charge >= 0.3 is 5.97 Å².